The van der Waals surface area contributed by atoms with Crippen LogP contribution in [-0.2, 0) is 4.79 Å². The average molecular weight is 366 g/mol. The van der Waals surface area contributed by atoms with Crippen LogP contribution >= 0.6 is 24.0 Å². The number of aliphatic imine (C=N–C) groups is 1. The van der Waals surface area contributed by atoms with E-state index in [0.29, 0.717) is 11.6 Å². The number of benzene rings is 1. The smallest absolute Gasteiger partial charge is 0.243 e. The number of carbonyl (C=O) groups is 1. The number of carbonyl (C=O) groups excluding carboxylic acids is 1. The first-order valence-electron chi connectivity index (χ1n) is 5.09. The lowest BCUT2D eigenvalue weighted by Crippen LogP contribution is -2.39. The molecule has 0 atom stereocenters. The molecule has 18 heavy (non-hydrogen) atoms. The molecule has 0 fully saturated rings. The number of rotatable bonds is 3. The predicted octanol–water partition coefficient (Wildman–Crippen LogP) is 1.18. The molecule has 0 unspecified atom stereocenters. The van der Waals surface area contributed by atoms with Crippen LogP contribution in [0.25, 0.3) is 0 Å². The van der Waals surface area contributed by atoms with Crippen LogP contribution in [0.15, 0.2) is 29.3 Å². The molecule has 5 nitrogen and oxygen atoms in total. The van der Waals surface area contributed by atoms with Crippen molar-refractivity contribution in [3.8, 4) is 0 Å². The maximum atomic E-state index is 12.8. The van der Waals surface area contributed by atoms with E-state index in [2.05, 4.69) is 20.9 Å². The summed E-state index contributed by atoms with van der Waals surface area (Å²) in [4.78, 5) is 15.3. The molecule has 0 spiro atoms. The van der Waals surface area contributed by atoms with E-state index in [1.165, 1.54) is 18.2 Å². The molecule has 1 amide bonds. The van der Waals surface area contributed by atoms with E-state index >= 15 is 0 Å². The van der Waals surface area contributed by atoms with Gasteiger partial charge in [-0.15, -0.1) is 24.0 Å². The summed E-state index contributed by atoms with van der Waals surface area (Å²) in [5.74, 6) is -0.145. The molecule has 1 rings (SSSR count). The van der Waals surface area contributed by atoms with E-state index in [9.17, 15) is 9.18 Å². The van der Waals surface area contributed by atoms with Gasteiger partial charge in [0, 0.05) is 19.8 Å². The minimum absolute atomic E-state index is 0. The zero-order valence-corrected chi connectivity index (χ0v) is 12.5. The maximum Gasteiger partial charge on any atom is 0.243 e. The summed E-state index contributed by atoms with van der Waals surface area (Å²) < 4.78 is 12.8. The Bertz CT molecular complexity index is 425. The molecule has 0 aliphatic carbocycles. The van der Waals surface area contributed by atoms with Crippen LogP contribution in [0.4, 0.5) is 10.1 Å². The van der Waals surface area contributed by atoms with Gasteiger partial charge in [-0.25, -0.2) is 4.39 Å². The van der Waals surface area contributed by atoms with Crippen molar-refractivity contribution < 1.29 is 9.18 Å². The van der Waals surface area contributed by atoms with E-state index in [1.54, 1.807) is 20.2 Å². The highest BCUT2D eigenvalue weighted by Crippen LogP contribution is 2.08. The molecule has 0 radical (unpaired) electrons. The first-order chi connectivity index (χ1) is 8.15. The Morgan fingerprint density at radius 1 is 1.44 bits per heavy atom. The van der Waals surface area contributed by atoms with E-state index in [0.717, 1.165) is 0 Å². The summed E-state index contributed by atoms with van der Waals surface area (Å²) in [5, 5.41) is 8.13. The molecule has 0 bridgehead atoms. The highest BCUT2D eigenvalue weighted by Gasteiger charge is 2.03. The third kappa shape index (κ3) is 5.80. The zero-order chi connectivity index (χ0) is 12.7. The first kappa shape index (κ1) is 16.6. The van der Waals surface area contributed by atoms with Gasteiger partial charge in [-0.3, -0.25) is 9.79 Å². The molecule has 0 saturated carbocycles. The molecule has 3 N–H and O–H groups in total. The zero-order valence-electron chi connectivity index (χ0n) is 10.2. The Kier molecular flexibility index (Phi) is 8.01. The fraction of sp³-hybridized carbons (Fsp3) is 0.273. The summed E-state index contributed by atoms with van der Waals surface area (Å²) in [6.45, 7) is 0.0596. The molecule has 7 heteroatoms. The number of hydrogen-bond donors (Lipinski definition) is 3. The van der Waals surface area contributed by atoms with Gasteiger partial charge in [-0.05, 0) is 18.2 Å². The third-order valence-electron chi connectivity index (χ3n) is 1.99. The van der Waals surface area contributed by atoms with Gasteiger partial charge in [-0.1, -0.05) is 6.07 Å². The summed E-state index contributed by atoms with van der Waals surface area (Å²) in [7, 11) is 3.29. The van der Waals surface area contributed by atoms with Crippen LogP contribution in [0.1, 0.15) is 0 Å². The van der Waals surface area contributed by atoms with Crippen molar-refractivity contribution in [3.63, 3.8) is 0 Å². The second-order valence-corrected chi connectivity index (χ2v) is 3.23. The van der Waals surface area contributed by atoms with Crippen molar-refractivity contribution in [1.82, 2.24) is 10.6 Å². The lowest BCUT2D eigenvalue weighted by molar-refractivity contribution is -0.115. The molecule has 0 heterocycles. The van der Waals surface area contributed by atoms with Crippen molar-refractivity contribution in [3.05, 3.63) is 30.1 Å². The molecular weight excluding hydrogens is 350 g/mol. The number of anilines is 1. The lowest BCUT2D eigenvalue weighted by Gasteiger charge is -2.09. The number of amides is 1. The fourth-order valence-electron chi connectivity index (χ4n) is 1.21. The number of hydrogen-bond acceptors (Lipinski definition) is 2. The topological polar surface area (TPSA) is 65.5 Å². The fourth-order valence-corrected chi connectivity index (χ4v) is 1.21. The van der Waals surface area contributed by atoms with Crippen LogP contribution < -0.4 is 16.0 Å². The molecule has 0 aliphatic rings. The summed E-state index contributed by atoms with van der Waals surface area (Å²) in [5.41, 5.74) is 0.427. The largest absolute Gasteiger partial charge is 0.359 e. The van der Waals surface area contributed by atoms with Gasteiger partial charge in [-0.2, -0.15) is 0 Å². The summed E-state index contributed by atoms with van der Waals surface area (Å²) >= 11 is 0. The summed E-state index contributed by atoms with van der Waals surface area (Å²) in [6.07, 6.45) is 0. The van der Waals surface area contributed by atoms with E-state index in [1.807, 2.05) is 0 Å². The number of nitrogens with zero attached hydrogens (tertiary/aromatic N) is 1. The Hall–Kier alpha value is -1.38. The lowest BCUT2D eigenvalue weighted by atomic mass is 10.3. The van der Waals surface area contributed by atoms with Crippen molar-refractivity contribution >= 4 is 41.5 Å². The molecule has 0 aromatic heterocycles. The SMILES string of the molecule is CN=C(NC)NCC(=O)Nc1cccc(F)c1.I. The van der Waals surface area contributed by atoms with Gasteiger partial charge in [0.25, 0.3) is 0 Å². The van der Waals surface area contributed by atoms with E-state index in [4.69, 9.17) is 0 Å². The molecule has 1 aromatic rings. The molecule has 100 valence electrons. The van der Waals surface area contributed by atoms with Crippen LogP contribution in [0, 0.1) is 5.82 Å². The third-order valence-corrected chi connectivity index (χ3v) is 1.99. The monoisotopic (exact) mass is 366 g/mol. The minimum Gasteiger partial charge on any atom is -0.359 e. The van der Waals surface area contributed by atoms with Crippen LogP contribution in [0.3, 0.4) is 0 Å². The minimum atomic E-state index is -0.387. The highest BCUT2D eigenvalue weighted by atomic mass is 127. The van der Waals surface area contributed by atoms with Crippen molar-refractivity contribution in [2.24, 2.45) is 4.99 Å². The molecule has 0 aliphatic heterocycles. The second kappa shape index (κ2) is 8.67. The van der Waals surface area contributed by atoms with Crippen molar-refractivity contribution in [2.75, 3.05) is 26.0 Å². The normalized spacial score (nSPS) is 10.3. The van der Waals surface area contributed by atoms with Crippen LogP contribution in [-0.4, -0.2) is 32.5 Å². The quantitative estimate of drug-likeness (QED) is 0.428. The second-order valence-electron chi connectivity index (χ2n) is 3.23. The van der Waals surface area contributed by atoms with E-state index in [-0.39, 0.29) is 42.2 Å². The maximum absolute atomic E-state index is 12.8. The van der Waals surface area contributed by atoms with E-state index < -0.39 is 0 Å². The Balaban J connectivity index is 0.00000289. The van der Waals surface area contributed by atoms with Gasteiger partial charge < -0.3 is 16.0 Å². The first-order valence-corrected chi connectivity index (χ1v) is 5.09. The van der Waals surface area contributed by atoms with Gasteiger partial charge in [0.05, 0.1) is 6.54 Å². The van der Waals surface area contributed by atoms with Gasteiger partial charge in [0.15, 0.2) is 5.96 Å². The van der Waals surface area contributed by atoms with Crippen molar-refractivity contribution in [2.45, 2.75) is 0 Å². The van der Waals surface area contributed by atoms with Gasteiger partial charge >= 0.3 is 0 Å². The number of halogens is 2. The average Bonchev–Trinajstić information content (AvgIpc) is 2.30. The predicted molar refractivity (Wildman–Crippen MR) is 80.9 cm³/mol. The van der Waals surface area contributed by atoms with Gasteiger partial charge in [0.1, 0.15) is 5.82 Å². The number of nitrogens with one attached hydrogen (secondary N) is 3. The Labute approximate surface area is 122 Å². The molecule has 0 saturated heterocycles. The highest BCUT2D eigenvalue weighted by molar-refractivity contribution is 14.0. The number of guanidine groups is 1. The Morgan fingerprint density at radius 2 is 2.17 bits per heavy atom. The standard InChI is InChI=1S/C11H15FN4O.HI/c1-13-11(14-2)15-7-10(17)16-9-5-3-4-8(12)6-9;/h3-6H,7H2,1-2H3,(H,16,17)(H2,13,14,15);1H. The van der Waals surface area contributed by atoms with Crippen molar-refractivity contribution in [1.29, 1.82) is 0 Å². The molecular formula is C11H16FIN4O. The summed E-state index contributed by atoms with van der Waals surface area (Å²) in [6, 6.07) is 5.72. The Morgan fingerprint density at radius 3 is 2.72 bits per heavy atom. The van der Waals surface area contributed by atoms with Crippen LogP contribution in [0.2, 0.25) is 0 Å². The van der Waals surface area contributed by atoms with Gasteiger partial charge in [0.2, 0.25) is 5.91 Å². The molecule has 1 aromatic carbocycles. The van der Waals surface area contributed by atoms with Crippen LogP contribution in [0.5, 0.6) is 0 Å².